The lowest BCUT2D eigenvalue weighted by Crippen LogP contribution is -2.02. The van der Waals surface area contributed by atoms with Crippen LogP contribution in [0.25, 0.3) is 23.1 Å². The third kappa shape index (κ3) is 2.47. The minimum atomic E-state index is -0.632. The van der Waals surface area contributed by atoms with E-state index < -0.39 is 4.92 Å². The molecule has 0 spiro atoms. The van der Waals surface area contributed by atoms with Crippen molar-refractivity contribution in [1.82, 2.24) is 4.98 Å². The second-order valence-corrected chi connectivity index (χ2v) is 4.56. The summed E-state index contributed by atoms with van der Waals surface area (Å²) in [6.45, 7) is 0. The quantitative estimate of drug-likeness (QED) is 0.570. The lowest BCUT2D eigenvalue weighted by atomic mass is 10.1. The Bertz CT molecular complexity index is 952. The average molecular weight is 298 g/mol. The molecule has 0 aliphatic heterocycles. The van der Waals surface area contributed by atoms with Gasteiger partial charge in [-0.15, -0.1) is 0 Å². The number of nitrogens with zero attached hydrogens (tertiary/aromatic N) is 1. The third-order valence-corrected chi connectivity index (χ3v) is 3.08. The lowest BCUT2D eigenvalue weighted by Gasteiger charge is -2.02. The molecule has 0 aliphatic rings. The Morgan fingerprint density at radius 2 is 2.05 bits per heavy atom. The van der Waals surface area contributed by atoms with Gasteiger partial charge in [-0.3, -0.25) is 14.9 Å². The van der Waals surface area contributed by atoms with E-state index in [2.05, 4.69) is 4.98 Å². The lowest BCUT2D eigenvalue weighted by molar-refractivity contribution is -0.402. The molecule has 3 aromatic rings. The number of benzene rings is 1. The van der Waals surface area contributed by atoms with Gasteiger partial charge < -0.3 is 14.5 Å². The number of phenolic OH excluding ortho intramolecular Hbond substituents is 1. The average Bonchev–Trinajstić information content (AvgIpc) is 2.95. The normalized spacial score (nSPS) is 11.3. The number of furan rings is 1. The number of fused-ring (bicyclic) bond motifs is 1. The van der Waals surface area contributed by atoms with Crippen LogP contribution in [0.2, 0.25) is 0 Å². The molecule has 3 rings (SSSR count). The van der Waals surface area contributed by atoms with Crippen LogP contribution in [-0.4, -0.2) is 15.0 Å². The van der Waals surface area contributed by atoms with Gasteiger partial charge in [0.1, 0.15) is 16.4 Å². The van der Waals surface area contributed by atoms with Crippen molar-refractivity contribution in [3.63, 3.8) is 0 Å². The minimum Gasteiger partial charge on any atom is -0.506 e. The van der Waals surface area contributed by atoms with Crippen LogP contribution in [0.3, 0.4) is 0 Å². The summed E-state index contributed by atoms with van der Waals surface area (Å²) >= 11 is 0. The van der Waals surface area contributed by atoms with E-state index in [-0.39, 0.29) is 22.8 Å². The highest BCUT2D eigenvalue weighted by Gasteiger charge is 2.10. The number of hydrogen-bond donors (Lipinski definition) is 2. The highest BCUT2D eigenvalue weighted by atomic mass is 16.6. The maximum absolute atomic E-state index is 12.0. The first-order valence-electron chi connectivity index (χ1n) is 6.32. The van der Waals surface area contributed by atoms with Gasteiger partial charge in [0, 0.05) is 17.1 Å². The molecule has 0 radical (unpaired) electrons. The molecule has 1 aromatic carbocycles. The second kappa shape index (κ2) is 5.21. The van der Waals surface area contributed by atoms with Crippen molar-refractivity contribution in [3.05, 3.63) is 68.2 Å². The number of aromatic amines is 1. The van der Waals surface area contributed by atoms with E-state index >= 15 is 0 Å². The predicted molar refractivity (Wildman–Crippen MR) is 80.5 cm³/mol. The summed E-state index contributed by atoms with van der Waals surface area (Å²) in [7, 11) is 0. The third-order valence-electron chi connectivity index (χ3n) is 3.08. The molecule has 0 saturated carbocycles. The number of nitrogens with one attached hydrogen (secondary N) is 1. The van der Waals surface area contributed by atoms with Gasteiger partial charge in [0.15, 0.2) is 5.43 Å². The zero-order chi connectivity index (χ0) is 15.7. The zero-order valence-corrected chi connectivity index (χ0v) is 11.1. The summed E-state index contributed by atoms with van der Waals surface area (Å²) in [6, 6.07) is 8.73. The number of para-hydroxylation sites is 1. The van der Waals surface area contributed by atoms with Crippen molar-refractivity contribution in [2.75, 3.05) is 0 Å². The van der Waals surface area contributed by atoms with Crippen LogP contribution in [0.15, 0.2) is 45.6 Å². The van der Waals surface area contributed by atoms with Crippen molar-refractivity contribution >= 4 is 28.9 Å². The van der Waals surface area contributed by atoms with Gasteiger partial charge >= 0.3 is 5.88 Å². The van der Waals surface area contributed by atoms with E-state index in [0.717, 1.165) is 0 Å². The number of aromatic nitrogens is 1. The molecule has 7 heteroatoms. The summed E-state index contributed by atoms with van der Waals surface area (Å²) in [5, 5.41) is 20.7. The fraction of sp³-hybridized carbons (Fsp3) is 0. The smallest absolute Gasteiger partial charge is 0.433 e. The Morgan fingerprint density at radius 1 is 1.23 bits per heavy atom. The predicted octanol–water partition coefficient (Wildman–Crippen LogP) is 2.91. The first-order chi connectivity index (χ1) is 10.5. The molecule has 2 N–H and O–H groups in total. The SMILES string of the molecule is O=c1cc(/C=C/c2ccc([N+](=O)[O-])o2)[nH]c2c(O)cccc12. The van der Waals surface area contributed by atoms with Crippen molar-refractivity contribution in [1.29, 1.82) is 0 Å². The van der Waals surface area contributed by atoms with E-state index in [9.17, 15) is 20.0 Å². The Morgan fingerprint density at radius 3 is 2.77 bits per heavy atom. The number of hydrogen-bond acceptors (Lipinski definition) is 5. The summed E-state index contributed by atoms with van der Waals surface area (Å²) in [4.78, 5) is 24.8. The number of H-pyrrole nitrogens is 1. The van der Waals surface area contributed by atoms with Crippen LogP contribution in [0.5, 0.6) is 5.75 Å². The number of pyridine rings is 1. The maximum Gasteiger partial charge on any atom is 0.433 e. The largest absolute Gasteiger partial charge is 0.506 e. The summed E-state index contributed by atoms with van der Waals surface area (Å²) in [5.74, 6) is -0.104. The van der Waals surface area contributed by atoms with Crippen molar-refractivity contribution in [2.24, 2.45) is 0 Å². The highest BCUT2D eigenvalue weighted by molar-refractivity contribution is 5.85. The highest BCUT2D eigenvalue weighted by Crippen LogP contribution is 2.21. The molecule has 0 saturated heterocycles. The molecule has 0 fully saturated rings. The first-order valence-corrected chi connectivity index (χ1v) is 6.32. The van der Waals surface area contributed by atoms with Crippen LogP contribution >= 0.6 is 0 Å². The number of rotatable bonds is 3. The molecule has 0 bridgehead atoms. The summed E-state index contributed by atoms with van der Waals surface area (Å²) in [5.41, 5.74) is 0.535. The number of aromatic hydroxyl groups is 1. The molecule has 2 heterocycles. The Balaban J connectivity index is 1.99. The molecule has 110 valence electrons. The fourth-order valence-electron chi connectivity index (χ4n) is 2.07. The topological polar surface area (TPSA) is 109 Å². The van der Waals surface area contributed by atoms with E-state index in [1.165, 1.54) is 36.4 Å². The van der Waals surface area contributed by atoms with Crippen molar-refractivity contribution in [3.8, 4) is 5.75 Å². The van der Waals surface area contributed by atoms with E-state index in [1.807, 2.05) is 0 Å². The summed E-state index contributed by atoms with van der Waals surface area (Å²) in [6.07, 6.45) is 3.03. The number of nitro groups is 1. The molecule has 0 unspecified atom stereocenters. The van der Waals surface area contributed by atoms with Gasteiger partial charge in [-0.2, -0.15) is 0 Å². The van der Waals surface area contributed by atoms with E-state index in [0.29, 0.717) is 16.6 Å². The van der Waals surface area contributed by atoms with Gasteiger partial charge in [-0.25, -0.2) is 0 Å². The molecule has 0 amide bonds. The van der Waals surface area contributed by atoms with Crippen molar-refractivity contribution < 1.29 is 14.4 Å². The maximum atomic E-state index is 12.0. The van der Waals surface area contributed by atoms with E-state index in [1.54, 1.807) is 12.1 Å². The van der Waals surface area contributed by atoms with Crippen LogP contribution in [-0.2, 0) is 0 Å². The minimum absolute atomic E-state index is 0.0292. The van der Waals surface area contributed by atoms with Gasteiger partial charge in [0.05, 0.1) is 11.6 Å². The Kier molecular flexibility index (Phi) is 3.23. The molecule has 0 aliphatic carbocycles. The number of phenols is 1. The molecule has 0 atom stereocenters. The van der Waals surface area contributed by atoms with Gasteiger partial charge in [0.2, 0.25) is 0 Å². The van der Waals surface area contributed by atoms with Crippen molar-refractivity contribution in [2.45, 2.75) is 0 Å². The van der Waals surface area contributed by atoms with E-state index in [4.69, 9.17) is 4.42 Å². The van der Waals surface area contributed by atoms with Crippen LogP contribution < -0.4 is 5.43 Å². The van der Waals surface area contributed by atoms with Crippen LogP contribution in [0, 0.1) is 10.1 Å². The Labute approximate surface area is 123 Å². The molecular formula is C15H10N2O5. The molecule has 7 nitrogen and oxygen atoms in total. The second-order valence-electron chi connectivity index (χ2n) is 4.56. The van der Waals surface area contributed by atoms with Gasteiger partial charge in [-0.1, -0.05) is 6.07 Å². The summed E-state index contributed by atoms with van der Waals surface area (Å²) < 4.78 is 4.98. The standard InChI is InChI=1S/C15H10N2O5/c18-12-3-1-2-11-13(19)8-9(16-15(11)12)4-5-10-6-7-14(22-10)17(20)21/h1-8,18H,(H,16,19)/b5-4+. The monoisotopic (exact) mass is 298 g/mol. The fourth-order valence-corrected chi connectivity index (χ4v) is 2.07. The first kappa shape index (κ1) is 13.6. The molecule has 22 heavy (non-hydrogen) atoms. The van der Waals surface area contributed by atoms with Crippen LogP contribution in [0.1, 0.15) is 11.5 Å². The molecular weight excluding hydrogens is 288 g/mol. The molecule has 2 aromatic heterocycles. The van der Waals surface area contributed by atoms with Gasteiger partial charge in [0.25, 0.3) is 0 Å². The van der Waals surface area contributed by atoms with Crippen LogP contribution in [0.4, 0.5) is 5.88 Å². The Hall–Kier alpha value is -3.35. The zero-order valence-electron chi connectivity index (χ0n) is 11.1. The van der Waals surface area contributed by atoms with Gasteiger partial charge in [-0.05, 0) is 30.4 Å².